The van der Waals surface area contributed by atoms with Crippen molar-refractivity contribution >= 4 is 17.4 Å². The summed E-state index contributed by atoms with van der Waals surface area (Å²) in [7, 11) is -2.26. The molecule has 0 aliphatic carbocycles. The van der Waals surface area contributed by atoms with E-state index in [-0.39, 0.29) is 0 Å². The first-order valence-electron chi connectivity index (χ1n) is 8.35. The Bertz CT molecular complexity index is 162. The topological polar surface area (TPSA) is 9.23 Å². The molecule has 0 radical (unpaired) electrons. The van der Waals surface area contributed by atoms with Crippen molar-refractivity contribution in [2.75, 3.05) is 0 Å². The molecule has 18 heavy (non-hydrogen) atoms. The second-order valence-electron chi connectivity index (χ2n) is 5.75. The summed E-state index contributed by atoms with van der Waals surface area (Å²) in [5, 5.41) is 0. The van der Waals surface area contributed by atoms with Gasteiger partial charge in [0.25, 0.3) is 0 Å². The minimum atomic E-state index is -1.37. The highest BCUT2D eigenvalue weighted by molar-refractivity contribution is 6.80. The molecule has 0 atom stereocenters. The van der Waals surface area contributed by atoms with E-state index in [1.807, 2.05) is 0 Å². The number of rotatable bonds is 12. The largest absolute Gasteiger partial charge is 0.457 e. The van der Waals surface area contributed by atoms with Crippen LogP contribution < -0.4 is 0 Å². The minimum Gasteiger partial charge on any atom is -0.457 e. The summed E-state index contributed by atoms with van der Waals surface area (Å²) in [6.07, 6.45) is 6.63. The Morgan fingerprint density at radius 2 is 1.06 bits per heavy atom. The van der Waals surface area contributed by atoms with E-state index in [4.69, 9.17) is 4.12 Å². The van der Waals surface area contributed by atoms with Crippen molar-refractivity contribution in [3.8, 4) is 0 Å². The molecule has 0 unspecified atom stereocenters. The minimum absolute atomic E-state index is 0.892. The molecule has 1 nitrogen and oxygen atoms in total. The van der Waals surface area contributed by atoms with Gasteiger partial charge in [-0.2, -0.15) is 0 Å². The van der Waals surface area contributed by atoms with Crippen molar-refractivity contribution in [2.24, 2.45) is 0 Å². The molecular formula is C15H36OSi2. The van der Waals surface area contributed by atoms with Crippen LogP contribution in [0.25, 0.3) is 0 Å². The molecule has 0 amide bonds. The molecule has 110 valence electrons. The molecule has 0 bridgehead atoms. The summed E-state index contributed by atoms with van der Waals surface area (Å²) < 4.78 is 6.92. The lowest BCUT2D eigenvalue weighted by Crippen LogP contribution is -2.43. The fourth-order valence-corrected chi connectivity index (χ4v) is 13.4. The van der Waals surface area contributed by atoms with Gasteiger partial charge in [-0.3, -0.25) is 0 Å². The predicted octanol–water partition coefficient (Wildman–Crippen LogP) is 5.72. The Morgan fingerprint density at radius 1 is 0.667 bits per heavy atom. The van der Waals surface area contributed by atoms with Crippen LogP contribution in [0, 0.1) is 0 Å². The van der Waals surface area contributed by atoms with Crippen molar-refractivity contribution in [3.05, 3.63) is 0 Å². The molecule has 0 aliphatic rings. The maximum atomic E-state index is 6.92. The number of hydrogen-bond donors (Lipinski definition) is 0. The van der Waals surface area contributed by atoms with Crippen molar-refractivity contribution in [1.29, 1.82) is 0 Å². The highest BCUT2D eigenvalue weighted by Gasteiger charge is 2.34. The van der Waals surface area contributed by atoms with Crippen LogP contribution in [0.5, 0.6) is 0 Å². The van der Waals surface area contributed by atoms with Crippen LogP contribution >= 0.6 is 0 Å². The molecule has 0 aromatic carbocycles. The molecule has 0 N–H and O–H groups in total. The van der Waals surface area contributed by atoms with E-state index in [0.29, 0.717) is 0 Å². The van der Waals surface area contributed by atoms with Gasteiger partial charge in [-0.25, -0.2) is 0 Å². The smallest absolute Gasteiger partial charge is 0.179 e. The summed E-state index contributed by atoms with van der Waals surface area (Å²) >= 11 is 0. The third-order valence-electron chi connectivity index (χ3n) is 3.75. The molecular weight excluding hydrogens is 252 g/mol. The van der Waals surface area contributed by atoms with Gasteiger partial charge in [0.2, 0.25) is 0 Å². The van der Waals surface area contributed by atoms with Crippen LogP contribution in [0.3, 0.4) is 0 Å². The number of hydrogen-bond acceptors (Lipinski definition) is 1. The first kappa shape index (κ1) is 18.4. The molecule has 0 spiro atoms. The molecule has 0 aliphatic heterocycles. The highest BCUT2D eigenvalue weighted by Crippen LogP contribution is 2.30. The summed E-state index contributed by atoms with van der Waals surface area (Å²) in [5.74, 6) is 0. The average molecular weight is 289 g/mol. The van der Waals surface area contributed by atoms with Crippen LogP contribution in [0.1, 0.15) is 66.7 Å². The quantitative estimate of drug-likeness (QED) is 0.417. The van der Waals surface area contributed by atoms with E-state index in [1.165, 1.54) is 62.3 Å². The summed E-state index contributed by atoms with van der Waals surface area (Å²) in [6, 6.07) is 7.03. The van der Waals surface area contributed by atoms with Gasteiger partial charge in [-0.05, 0) is 30.2 Å². The van der Waals surface area contributed by atoms with E-state index in [2.05, 4.69) is 34.6 Å². The Morgan fingerprint density at radius 3 is 1.33 bits per heavy atom. The normalized spacial score (nSPS) is 12.3. The molecule has 3 heteroatoms. The first-order chi connectivity index (χ1) is 8.67. The predicted molar refractivity (Wildman–Crippen MR) is 89.5 cm³/mol. The third-order valence-corrected chi connectivity index (χ3v) is 13.8. The Labute approximate surface area is 119 Å². The monoisotopic (exact) mass is 288 g/mol. The summed E-state index contributed by atoms with van der Waals surface area (Å²) in [5.41, 5.74) is 0. The molecule has 0 aromatic heterocycles. The van der Waals surface area contributed by atoms with Gasteiger partial charge in [-0.1, -0.05) is 66.7 Å². The fraction of sp³-hybridized carbons (Fsp3) is 1.00. The molecule has 0 saturated heterocycles. The van der Waals surface area contributed by atoms with E-state index >= 15 is 0 Å². The SMILES string of the molecule is CCC[SiH](CCC)O[Si](CCC)(CCC)CCC. The van der Waals surface area contributed by atoms with Crippen molar-refractivity contribution < 1.29 is 4.12 Å². The lowest BCUT2D eigenvalue weighted by molar-refractivity contribution is 0.520. The van der Waals surface area contributed by atoms with Crippen molar-refractivity contribution in [1.82, 2.24) is 0 Å². The second kappa shape index (κ2) is 11.2. The Hall–Kier alpha value is 0.394. The highest BCUT2D eigenvalue weighted by atomic mass is 28.4. The summed E-state index contributed by atoms with van der Waals surface area (Å²) in [4.78, 5) is 0. The van der Waals surface area contributed by atoms with Crippen LogP contribution in [-0.2, 0) is 4.12 Å². The van der Waals surface area contributed by atoms with Gasteiger partial charge in [-0.15, -0.1) is 0 Å². The van der Waals surface area contributed by atoms with Crippen LogP contribution in [0.4, 0.5) is 0 Å². The van der Waals surface area contributed by atoms with Crippen LogP contribution in [0.2, 0.25) is 30.2 Å². The third kappa shape index (κ3) is 7.10. The van der Waals surface area contributed by atoms with Crippen LogP contribution in [0.15, 0.2) is 0 Å². The van der Waals surface area contributed by atoms with Gasteiger partial charge in [0.05, 0.1) is 0 Å². The molecule has 0 aromatic rings. The van der Waals surface area contributed by atoms with Gasteiger partial charge in [0.1, 0.15) is 0 Å². The Kier molecular flexibility index (Phi) is 11.5. The molecule has 0 fully saturated rings. The first-order valence-corrected chi connectivity index (χ1v) is 13.0. The molecule has 0 saturated carbocycles. The summed E-state index contributed by atoms with van der Waals surface area (Å²) in [6.45, 7) is 11.7. The lowest BCUT2D eigenvalue weighted by Gasteiger charge is -2.35. The van der Waals surface area contributed by atoms with E-state index in [9.17, 15) is 0 Å². The van der Waals surface area contributed by atoms with Gasteiger partial charge in [0, 0.05) is 0 Å². The van der Waals surface area contributed by atoms with Crippen molar-refractivity contribution in [3.63, 3.8) is 0 Å². The molecule has 0 heterocycles. The average Bonchev–Trinajstić information content (AvgIpc) is 2.30. The lowest BCUT2D eigenvalue weighted by atomic mass is 10.6. The second-order valence-corrected chi connectivity index (χ2v) is 13.0. The van der Waals surface area contributed by atoms with Crippen LogP contribution in [-0.4, -0.2) is 17.4 Å². The van der Waals surface area contributed by atoms with Gasteiger partial charge in [0.15, 0.2) is 17.4 Å². The fourth-order valence-electron chi connectivity index (χ4n) is 3.18. The standard InChI is InChI=1S/C15H36OSi2/c1-6-11-17(12-7-2)16-18(13-8-3,14-9-4)15-10-5/h17H,6-15H2,1-5H3. The zero-order valence-corrected chi connectivity index (χ0v) is 15.7. The van der Waals surface area contributed by atoms with E-state index < -0.39 is 17.4 Å². The van der Waals surface area contributed by atoms with Crippen molar-refractivity contribution in [2.45, 2.75) is 96.9 Å². The Balaban J connectivity index is 4.66. The van der Waals surface area contributed by atoms with Gasteiger partial charge >= 0.3 is 0 Å². The zero-order chi connectivity index (χ0) is 13.9. The maximum absolute atomic E-state index is 6.92. The molecule has 0 rings (SSSR count). The van der Waals surface area contributed by atoms with E-state index in [1.54, 1.807) is 0 Å². The maximum Gasteiger partial charge on any atom is 0.179 e. The zero-order valence-electron chi connectivity index (χ0n) is 13.6. The van der Waals surface area contributed by atoms with Gasteiger partial charge < -0.3 is 4.12 Å². The van der Waals surface area contributed by atoms with E-state index in [0.717, 1.165) is 0 Å².